The fourth-order valence-electron chi connectivity index (χ4n) is 1.91. The first-order chi connectivity index (χ1) is 8.60. The van der Waals surface area contributed by atoms with Crippen LogP contribution < -0.4 is 15.4 Å². The zero-order valence-electron chi connectivity index (χ0n) is 10.1. The summed E-state index contributed by atoms with van der Waals surface area (Å²) >= 11 is 0. The Bertz CT molecular complexity index is 488. The van der Waals surface area contributed by atoms with E-state index in [1.165, 1.54) is 19.2 Å². The molecule has 0 saturated carbocycles. The lowest BCUT2D eigenvalue weighted by Crippen LogP contribution is -2.39. The van der Waals surface area contributed by atoms with E-state index in [0.29, 0.717) is 30.0 Å². The fraction of sp³-hybridized carbons (Fsp3) is 0.308. The summed E-state index contributed by atoms with van der Waals surface area (Å²) < 4.78 is 18.2. The highest BCUT2D eigenvalue weighted by atomic mass is 19.1. The minimum Gasteiger partial charge on any atom is -0.494 e. The van der Waals surface area contributed by atoms with Crippen LogP contribution in [-0.2, 0) is 4.79 Å². The highest BCUT2D eigenvalue weighted by Gasteiger charge is 2.22. The van der Waals surface area contributed by atoms with Gasteiger partial charge >= 0.3 is 0 Å². The monoisotopic (exact) mass is 250 g/mol. The Morgan fingerprint density at radius 1 is 1.56 bits per heavy atom. The van der Waals surface area contributed by atoms with Crippen LogP contribution in [0.5, 0.6) is 5.75 Å². The molecule has 1 aromatic rings. The van der Waals surface area contributed by atoms with Crippen LogP contribution in [0.25, 0.3) is 0 Å². The molecule has 1 heterocycles. The lowest BCUT2D eigenvalue weighted by atomic mass is 10.0. The van der Waals surface area contributed by atoms with E-state index in [2.05, 4.69) is 17.2 Å². The molecule has 1 unspecified atom stereocenters. The Kier molecular flexibility index (Phi) is 3.50. The molecular formula is C13H15FN2O2. The molecule has 0 aromatic heterocycles. The van der Waals surface area contributed by atoms with Crippen molar-refractivity contribution in [3.8, 4) is 5.75 Å². The van der Waals surface area contributed by atoms with Gasteiger partial charge in [-0.3, -0.25) is 4.79 Å². The summed E-state index contributed by atoms with van der Waals surface area (Å²) in [6, 6.07) is 4.21. The number of hydrogen-bond acceptors (Lipinski definition) is 3. The number of carbonyl (C=O) groups excluding carboxylic acids is 1. The van der Waals surface area contributed by atoms with Crippen LogP contribution in [0.4, 0.5) is 10.1 Å². The number of ether oxygens (including phenoxy) is 1. The molecule has 5 heteroatoms. The molecule has 2 N–H and O–H groups in total. The molecule has 1 fully saturated rings. The Morgan fingerprint density at radius 3 is 3.00 bits per heavy atom. The van der Waals surface area contributed by atoms with Crippen LogP contribution in [0.3, 0.4) is 0 Å². The van der Waals surface area contributed by atoms with Crippen molar-refractivity contribution in [2.75, 3.05) is 12.4 Å². The number of halogens is 1. The maximum Gasteiger partial charge on any atom is 0.224 e. The SMILES string of the molecule is C=C1NC(=O)CCC1Nc1ccc(F)cc1OC. The second kappa shape index (κ2) is 5.08. The normalized spacial score (nSPS) is 19.3. The highest BCUT2D eigenvalue weighted by molar-refractivity contribution is 5.79. The van der Waals surface area contributed by atoms with Crippen molar-refractivity contribution < 1.29 is 13.9 Å². The number of anilines is 1. The smallest absolute Gasteiger partial charge is 0.224 e. The first-order valence-corrected chi connectivity index (χ1v) is 5.69. The van der Waals surface area contributed by atoms with Gasteiger partial charge < -0.3 is 15.4 Å². The van der Waals surface area contributed by atoms with E-state index in [9.17, 15) is 9.18 Å². The maximum atomic E-state index is 13.1. The number of methoxy groups -OCH3 is 1. The molecule has 2 rings (SSSR count). The number of amides is 1. The van der Waals surface area contributed by atoms with Crippen molar-refractivity contribution in [2.24, 2.45) is 0 Å². The lowest BCUT2D eigenvalue weighted by Gasteiger charge is -2.27. The van der Waals surface area contributed by atoms with Crippen LogP contribution in [0.1, 0.15) is 12.8 Å². The first kappa shape index (κ1) is 12.4. The quantitative estimate of drug-likeness (QED) is 0.863. The van der Waals surface area contributed by atoms with Gasteiger partial charge in [0, 0.05) is 18.2 Å². The number of carbonyl (C=O) groups is 1. The summed E-state index contributed by atoms with van der Waals surface area (Å²) in [4.78, 5) is 11.2. The Hall–Kier alpha value is -2.04. The number of hydrogen-bond donors (Lipinski definition) is 2. The van der Waals surface area contributed by atoms with E-state index in [1.54, 1.807) is 6.07 Å². The Labute approximate surface area is 105 Å². The van der Waals surface area contributed by atoms with Crippen molar-refractivity contribution in [3.05, 3.63) is 36.3 Å². The average Bonchev–Trinajstić information content (AvgIpc) is 2.34. The fourth-order valence-corrected chi connectivity index (χ4v) is 1.91. The topological polar surface area (TPSA) is 50.4 Å². The largest absolute Gasteiger partial charge is 0.494 e. The van der Waals surface area contributed by atoms with Gasteiger partial charge in [0.2, 0.25) is 5.91 Å². The molecule has 96 valence electrons. The lowest BCUT2D eigenvalue weighted by molar-refractivity contribution is -0.121. The van der Waals surface area contributed by atoms with Crippen LogP contribution >= 0.6 is 0 Å². The predicted octanol–water partition coefficient (Wildman–Crippen LogP) is 2.04. The van der Waals surface area contributed by atoms with Crippen LogP contribution in [-0.4, -0.2) is 19.1 Å². The van der Waals surface area contributed by atoms with Gasteiger partial charge in [0.15, 0.2) is 0 Å². The molecule has 0 aliphatic carbocycles. The minimum absolute atomic E-state index is 0.0240. The van der Waals surface area contributed by atoms with Gasteiger partial charge in [0.05, 0.1) is 18.8 Å². The summed E-state index contributed by atoms with van der Waals surface area (Å²) in [5.74, 6) is 0.0528. The number of piperidine rings is 1. The van der Waals surface area contributed by atoms with Crippen molar-refractivity contribution in [1.82, 2.24) is 5.32 Å². The zero-order valence-corrected chi connectivity index (χ0v) is 10.1. The number of nitrogens with one attached hydrogen (secondary N) is 2. The van der Waals surface area contributed by atoms with Gasteiger partial charge in [-0.25, -0.2) is 4.39 Å². The Balaban J connectivity index is 2.14. The average molecular weight is 250 g/mol. The van der Waals surface area contributed by atoms with Gasteiger partial charge in [0.1, 0.15) is 11.6 Å². The molecule has 4 nitrogen and oxygen atoms in total. The number of benzene rings is 1. The molecule has 18 heavy (non-hydrogen) atoms. The first-order valence-electron chi connectivity index (χ1n) is 5.69. The molecule has 1 aromatic carbocycles. The van der Waals surface area contributed by atoms with Gasteiger partial charge in [0.25, 0.3) is 0 Å². The third-order valence-corrected chi connectivity index (χ3v) is 2.87. The summed E-state index contributed by atoms with van der Waals surface area (Å²) in [6.07, 6.45) is 1.10. The summed E-state index contributed by atoms with van der Waals surface area (Å²) in [5, 5.41) is 5.88. The van der Waals surface area contributed by atoms with Crippen LogP contribution in [0.15, 0.2) is 30.5 Å². The van der Waals surface area contributed by atoms with Gasteiger partial charge in [-0.05, 0) is 18.6 Å². The second-order valence-electron chi connectivity index (χ2n) is 4.15. The third kappa shape index (κ3) is 2.61. The second-order valence-corrected chi connectivity index (χ2v) is 4.15. The maximum absolute atomic E-state index is 13.1. The molecule has 1 amide bonds. The van der Waals surface area contributed by atoms with Crippen LogP contribution in [0, 0.1) is 5.82 Å². The number of rotatable bonds is 3. The van der Waals surface area contributed by atoms with Gasteiger partial charge in [-0.2, -0.15) is 0 Å². The molecule has 1 saturated heterocycles. The van der Waals surface area contributed by atoms with E-state index in [-0.39, 0.29) is 17.8 Å². The van der Waals surface area contributed by atoms with Crippen LogP contribution in [0.2, 0.25) is 0 Å². The summed E-state index contributed by atoms with van der Waals surface area (Å²) in [6.45, 7) is 3.81. The van der Waals surface area contributed by atoms with E-state index < -0.39 is 0 Å². The van der Waals surface area contributed by atoms with Crippen molar-refractivity contribution in [1.29, 1.82) is 0 Å². The molecular weight excluding hydrogens is 235 g/mol. The van der Waals surface area contributed by atoms with E-state index in [0.717, 1.165) is 0 Å². The predicted molar refractivity (Wildman–Crippen MR) is 66.9 cm³/mol. The molecule has 1 atom stereocenters. The van der Waals surface area contributed by atoms with Crippen molar-refractivity contribution in [3.63, 3.8) is 0 Å². The summed E-state index contributed by atoms with van der Waals surface area (Å²) in [5.41, 5.74) is 1.30. The zero-order chi connectivity index (χ0) is 13.1. The molecule has 0 spiro atoms. The third-order valence-electron chi connectivity index (χ3n) is 2.87. The van der Waals surface area contributed by atoms with Crippen molar-refractivity contribution >= 4 is 11.6 Å². The minimum atomic E-state index is -0.354. The Morgan fingerprint density at radius 2 is 2.33 bits per heavy atom. The molecule has 1 aliphatic heterocycles. The summed E-state index contributed by atoms with van der Waals surface area (Å²) in [7, 11) is 1.48. The highest BCUT2D eigenvalue weighted by Crippen LogP contribution is 2.27. The van der Waals surface area contributed by atoms with E-state index in [1.807, 2.05) is 0 Å². The molecule has 0 radical (unpaired) electrons. The molecule has 0 bridgehead atoms. The molecule has 1 aliphatic rings. The van der Waals surface area contributed by atoms with E-state index >= 15 is 0 Å². The standard InChI is InChI=1S/C13H15FN2O2/c1-8-10(5-6-13(17)15-8)16-11-4-3-9(14)7-12(11)18-2/h3-4,7,10,16H,1,5-6H2,2H3,(H,15,17). The van der Waals surface area contributed by atoms with Gasteiger partial charge in [-0.1, -0.05) is 6.58 Å². The van der Waals surface area contributed by atoms with Crippen molar-refractivity contribution in [2.45, 2.75) is 18.9 Å². The van der Waals surface area contributed by atoms with Gasteiger partial charge in [-0.15, -0.1) is 0 Å². The van der Waals surface area contributed by atoms with E-state index in [4.69, 9.17) is 4.74 Å².